The third kappa shape index (κ3) is 1.24. The smallest absolute Gasteiger partial charge is 0.251 e. The molecule has 0 bridgehead atoms. The standard InChI is InChI=1S/C9H14F2O/c1-6(12)8(2-3-8)4-7-5-9(7,10)11/h6-7,12H,2-5H2,1H3. The van der Waals surface area contributed by atoms with Gasteiger partial charge in [-0.15, -0.1) is 0 Å². The van der Waals surface area contributed by atoms with Gasteiger partial charge in [-0.3, -0.25) is 0 Å². The maximum absolute atomic E-state index is 12.5. The monoisotopic (exact) mass is 176 g/mol. The van der Waals surface area contributed by atoms with Crippen LogP contribution in [0, 0.1) is 11.3 Å². The van der Waals surface area contributed by atoms with Crippen molar-refractivity contribution in [1.82, 2.24) is 0 Å². The lowest BCUT2D eigenvalue weighted by molar-refractivity contribution is 0.0651. The first kappa shape index (κ1) is 8.42. The van der Waals surface area contributed by atoms with E-state index in [1.54, 1.807) is 6.92 Å². The molecule has 0 aromatic heterocycles. The number of aliphatic hydroxyl groups is 1. The zero-order valence-electron chi connectivity index (χ0n) is 7.19. The van der Waals surface area contributed by atoms with Crippen LogP contribution in [0.15, 0.2) is 0 Å². The molecule has 0 heterocycles. The van der Waals surface area contributed by atoms with Crippen LogP contribution < -0.4 is 0 Å². The van der Waals surface area contributed by atoms with E-state index in [1.165, 1.54) is 0 Å². The lowest BCUT2D eigenvalue weighted by Crippen LogP contribution is -2.19. The van der Waals surface area contributed by atoms with Crippen molar-refractivity contribution in [2.24, 2.45) is 11.3 Å². The van der Waals surface area contributed by atoms with E-state index in [2.05, 4.69) is 0 Å². The molecule has 2 aliphatic rings. The van der Waals surface area contributed by atoms with Crippen LogP contribution in [-0.4, -0.2) is 17.1 Å². The Labute approximate surface area is 70.8 Å². The highest BCUT2D eigenvalue weighted by Crippen LogP contribution is 2.61. The summed E-state index contributed by atoms with van der Waals surface area (Å²) >= 11 is 0. The average molecular weight is 176 g/mol. The number of alkyl halides is 2. The van der Waals surface area contributed by atoms with Gasteiger partial charge in [0.25, 0.3) is 5.92 Å². The summed E-state index contributed by atoms with van der Waals surface area (Å²) in [4.78, 5) is 0. The Hall–Kier alpha value is -0.180. The molecule has 0 aromatic carbocycles. The van der Waals surface area contributed by atoms with Crippen molar-refractivity contribution in [2.45, 2.75) is 44.6 Å². The van der Waals surface area contributed by atoms with Crippen LogP contribution >= 0.6 is 0 Å². The van der Waals surface area contributed by atoms with Crippen molar-refractivity contribution in [3.63, 3.8) is 0 Å². The molecule has 2 saturated carbocycles. The number of halogens is 2. The van der Waals surface area contributed by atoms with Gasteiger partial charge in [-0.1, -0.05) is 0 Å². The third-order valence-corrected chi connectivity index (χ3v) is 3.39. The van der Waals surface area contributed by atoms with Gasteiger partial charge in [0.2, 0.25) is 0 Å². The molecule has 70 valence electrons. The van der Waals surface area contributed by atoms with E-state index in [0.717, 1.165) is 12.8 Å². The van der Waals surface area contributed by atoms with E-state index in [-0.39, 0.29) is 11.8 Å². The predicted octanol–water partition coefficient (Wildman–Crippen LogP) is 2.19. The minimum atomic E-state index is -2.41. The van der Waals surface area contributed by atoms with Crippen LogP contribution in [0.1, 0.15) is 32.6 Å². The van der Waals surface area contributed by atoms with Crippen molar-refractivity contribution < 1.29 is 13.9 Å². The molecule has 2 fully saturated rings. The van der Waals surface area contributed by atoms with Gasteiger partial charge in [-0.2, -0.15) is 0 Å². The molecule has 0 aromatic rings. The molecule has 12 heavy (non-hydrogen) atoms. The first-order chi connectivity index (χ1) is 5.46. The van der Waals surface area contributed by atoms with Crippen molar-refractivity contribution in [2.75, 3.05) is 0 Å². The van der Waals surface area contributed by atoms with E-state index in [0.29, 0.717) is 6.42 Å². The van der Waals surface area contributed by atoms with Gasteiger partial charge in [0, 0.05) is 12.3 Å². The van der Waals surface area contributed by atoms with E-state index in [4.69, 9.17) is 0 Å². The molecule has 2 atom stereocenters. The average Bonchev–Trinajstić information content (AvgIpc) is 2.76. The maximum atomic E-state index is 12.5. The Morgan fingerprint density at radius 3 is 2.25 bits per heavy atom. The zero-order chi connectivity index (χ0) is 8.98. The molecule has 3 heteroatoms. The second kappa shape index (κ2) is 2.19. The van der Waals surface area contributed by atoms with E-state index >= 15 is 0 Å². The molecule has 2 aliphatic carbocycles. The minimum Gasteiger partial charge on any atom is -0.393 e. The van der Waals surface area contributed by atoms with Gasteiger partial charge in [0.05, 0.1) is 6.10 Å². The third-order valence-electron chi connectivity index (χ3n) is 3.39. The minimum absolute atomic E-state index is 0.0431. The predicted molar refractivity (Wildman–Crippen MR) is 41.0 cm³/mol. The fourth-order valence-electron chi connectivity index (χ4n) is 1.93. The van der Waals surface area contributed by atoms with Gasteiger partial charge >= 0.3 is 0 Å². The maximum Gasteiger partial charge on any atom is 0.251 e. The van der Waals surface area contributed by atoms with E-state index in [1.807, 2.05) is 0 Å². The second-order valence-corrected chi connectivity index (χ2v) is 4.40. The first-order valence-corrected chi connectivity index (χ1v) is 4.52. The molecule has 0 aliphatic heterocycles. The zero-order valence-corrected chi connectivity index (χ0v) is 7.19. The largest absolute Gasteiger partial charge is 0.393 e. The summed E-state index contributed by atoms with van der Waals surface area (Å²) in [5.41, 5.74) is -0.134. The normalized spacial score (nSPS) is 37.5. The van der Waals surface area contributed by atoms with Crippen LogP contribution in [0.25, 0.3) is 0 Å². The highest BCUT2D eigenvalue weighted by atomic mass is 19.3. The summed E-state index contributed by atoms with van der Waals surface area (Å²) < 4.78 is 25.1. The molecule has 0 spiro atoms. The van der Waals surface area contributed by atoms with E-state index in [9.17, 15) is 13.9 Å². The summed E-state index contributed by atoms with van der Waals surface area (Å²) in [6.45, 7) is 1.72. The molecule has 2 rings (SSSR count). The topological polar surface area (TPSA) is 20.2 Å². The fraction of sp³-hybridized carbons (Fsp3) is 1.00. The molecular weight excluding hydrogens is 162 g/mol. The number of aliphatic hydroxyl groups excluding tert-OH is 1. The lowest BCUT2D eigenvalue weighted by Gasteiger charge is -2.17. The molecule has 1 N–H and O–H groups in total. The first-order valence-electron chi connectivity index (χ1n) is 4.52. The van der Waals surface area contributed by atoms with Crippen LogP contribution in [0.2, 0.25) is 0 Å². The fourth-order valence-corrected chi connectivity index (χ4v) is 1.93. The van der Waals surface area contributed by atoms with Crippen molar-refractivity contribution >= 4 is 0 Å². The number of hydrogen-bond donors (Lipinski definition) is 1. The highest BCUT2D eigenvalue weighted by molar-refractivity contribution is 5.05. The number of rotatable bonds is 3. The van der Waals surface area contributed by atoms with Gasteiger partial charge < -0.3 is 5.11 Å². The molecule has 0 radical (unpaired) electrons. The van der Waals surface area contributed by atoms with Crippen molar-refractivity contribution in [3.05, 3.63) is 0 Å². The van der Waals surface area contributed by atoms with Crippen molar-refractivity contribution in [1.29, 1.82) is 0 Å². The van der Waals surface area contributed by atoms with Crippen LogP contribution in [-0.2, 0) is 0 Å². The lowest BCUT2D eigenvalue weighted by atomic mass is 9.93. The SMILES string of the molecule is CC(O)C1(CC2CC2(F)F)CC1. The van der Waals surface area contributed by atoms with Gasteiger partial charge in [0.1, 0.15) is 0 Å². The Balaban J connectivity index is 1.88. The molecule has 0 amide bonds. The molecule has 1 nitrogen and oxygen atoms in total. The summed E-state index contributed by atoms with van der Waals surface area (Å²) in [7, 11) is 0. The number of hydrogen-bond acceptors (Lipinski definition) is 1. The Kier molecular flexibility index (Phi) is 1.54. The summed E-state index contributed by atoms with van der Waals surface area (Å²) in [6.07, 6.45) is 2.02. The highest BCUT2D eigenvalue weighted by Gasteiger charge is 2.62. The second-order valence-electron chi connectivity index (χ2n) is 4.40. The quantitative estimate of drug-likeness (QED) is 0.698. The molecular formula is C9H14F2O. The van der Waals surface area contributed by atoms with Crippen LogP contribution in [0.5, 0.6) is 0 Å². The summed E-state index contributed by atoms with van der Waals surface area (Å²) in [5, 5.41) is 9.34. The Morgan fingerprint density at radius 1 is 1.50 bits per heavy atom. The van der Waals surface area contributed by atoms with Crippen LogP contribution in [0.4, 0.5) is 8.78 Å². The molecule has 0 saturated heterocycles. The summed E-state index contributed by atoms with van der Waals surface area (Å²) in [5.74, 6) is -2.85. The van der Waals surface area contributed by atoms with Crippen LogP contribution in [0.3, 0.4) is 0 Å². The molecule has 2 unspecified atom stereocenters. The Morgan fingerprint density at radius 2 is 2.00 bits per heavy atom. The van der Waals surface area contributed by atoms with Gasteiger partial charge in [-0.05, 0) is 31.6 Å². The van der Waals surface area contributed by atoms with Gasteiger partial charge in [-0.25, -0.2) is 8.78 Å². The van der Waals surface area contributed by atoms with E-state index < -0.39 is 17.9 Å². The van der Waals surface area contributed by atoms with Gasteiger partial charge in [0.15, 0.2) is 0 Å². The summed E-state index contributed by atoms with van der Waals surface area (Å²) in [6, 6.07) is 0. The Bertz CT molecular complexity index is 197. The van der Waals surface area contributed by atoms with Crippen molar-refractivity contribution in [3.8, 4) is 0 Å².